The average molecular weight is 191 g/mol. The molecule has 2 aliphatic rings. The van der Waals surface area contributed by atoms with Crippen LogP contribution in [0.3, 0.4) is 0 Å². The standard InChI is InChI=1S/C11H17N3/c1-3-5-10(13-4-2)14-8-11(9-14)6-12-7-11/h3-5,12H,2,6-9H2,1H3/b5-3-,13-10?. The van der Waals surface area contributed by atoms with E-state index in [4.69, 9.17) is 0 Å². The number of nitrogens with zero attached hydrogens (tertiary/aromatic N) is 2. The highest BCUT2D eigenvalue weighted by atomic mass is 15.3. The second-order valence-electron chi connectivity index (χ2n) is 4.13. The molecule has 0 aromatic carbocycles. The van der Waals surface area contributed by atoms with Gasteiger partial charge in [0.05, 0.1) is 0 Å². The van der Waals surface area contributed by atoms with E-state index in [0.717, 1.165) is 18.9 Å². The summed E-state index contributed by atoms with van der Waals surface area (Å²) in [6, 6.07) is 0. The first-order valence-electron chi connectivity index (χ1n) is 5.07. The Morgan fingerprint density at radius 2 is 2.21 bits per heavy atom. The van der Waals surface area contributed by atoms with E-state index in [1.54, 1.807) is 6.20 Å². The second-order valence-corrected chi connectivity index (χ2v) is 4.13. The highest BCUT2D eigenvalue weighted by Crippen LogP contribution is 2.34. The van der Waals surface area contributed by atoms with Gasteiger partial charge in [-0.05, 0) is 13.0 Å². The van der Waals surface area contributed by atoms with Crippen molar-refractivity contribution in [2.45, 2.75) is 6.92 Å². The summed E-state index contributed by atoms with van der Waals surface area (Å²) < 4.78 is 0. The number of rotatable bonds is 2. The topological polar surface area (TPSA) is 27.6 Å². The number of allylic oxidation sites excluding steroid dienone is 1. The van der Waals surface area contributed by atoms with Crippen LogP contribution in [-0.2, 0) is 0 Å². The summed E-state index contributed by atoms with van der Waals surface area (Å²) in [5.41, 5.74) is 0.559. The van der Waals surface area contributed by atoms with Gasteiger partial charge in [-0.25, -0.2) is 4.99 Å². The fourth-order valence-corrected chi connectivity index (χ4v) is 2.10. The predicted octanol–water partition coefficient (Wildman–Crippen LogP) is 1.01. The summed E-state index contributed by atoms with van der Waals surface area (Å²) in [7, 11) is 0. The minimum absolute atomic E-state index is 0.559. The minimum Gasteiger partial charge on any atom is -0.355 e. The molecule has 1 spiro atoms. The summed E-state index contributed by atoms with van der Waals surface area (Å²) in [6.07, 6.45) is 5.67. The van der Waals surface area contributed by atoms with Crippen LogP contribution in [0.2, 0.25) is 0 Å². The Kier molecular flexibility index (Phi) is 2.42. The van der Waals surface area contributed by atoms with E-state index in [0.29, 0.717) is 5.41 Å². The van der Waals surface area contributed by atoms with Gasteiger partial charge in [-0.2, -0.15) is 0 Å². The Morgan fingerprint density at radius 3 is 2.64 bits per heavy atom. The van der Waals surface area contributed by atoms with Crippen molar-refractivity contribution in [3.8, 4) is 0 Å². The number of aliphatic imine (C=N–C) groups is 1. The lowest BCUT2D eigenvalue weighted by Gasteiger charge is -2.56. The van der Waals surface area contributed by atoms with Crippen LogP contribution in [0.4, 0.5) is 0 Å². The Hall–Kier alpha value is -1.09. The molecule has 2 aliphatic heterocycles. The van der Waals surface area contributed by atoms with E-state index in [1.807, 2.05) is 19.1 Å². The number of nitrogens with one attached hydrogen (secondary N) is 1. The van der Waals surface area contributed by atoms with E-state index in [-0.39, 0.29) is 0 Å². The van der Waals surface area contributed by atoms with E-state index in [1.165, 1.54) is 13.1 Å². The zero-order chi connectivity index (χ0) is 10.0. The van der Waals surface area contributed by atoms with Crippen LogP contribution in [0.25, 0.3) is 0 Å². The summed E-state index contributed by atoms with van der Waals surface area (Å²) in [5.74, 6) is 1.04. The van der Waals surface area contributed by atoms with Crippen LogP contribution in [-0.4, -0.2) is 36.9 Å². The molecule has 0 aromatic rings. The van der Waals surface area contributed by atoms with Gasteiger partial charge in [0, 0.05) is 37.8 Å². The van der Waals surface area contributed by atoms with Crippen molar-refractivity contribution < 1.29 is 0 Å². The van der Waals surface area contributed by atoms with Gasteiger partial charge >= 0.3 is 0 Å². The monoisotopic (exact) mass is 191 g/mol. The van der Waals surface area contributed by atoms with Gasteiger partial charge < -0.3 is 10.2 Å². The number of amidine groups is 1. The molecule has 2 rings (SSSR count). The van der Waals surface area contributed by atoms with Crippen LogP contribution in [0.1, 0.15) is 6.92 Å². The molecule has 0 amide bonds. The Bertz CT molecular complexity index is 279. The maximum Gasteiger partial charge on any atom is 0.128 e. The van der Waals surface area contributed by atoms with Crippen molar-refractivity contribution >= 4 is 5.84 Å². The fourth-order valence-electron chi connectivity index (χ4n) is 2.10. The number of likely N-dealkylation sites (tertiary alicyclic amines) is 1. The fraction of sp³-hybridized carbons (Fsp3) is 0.545. The zero-order valence-electron chi connectivity index (χ0n) is 8.66. The average Bonchev–Trinajstić information content (AvgIpc) is 1.99. The van der Waals surface area contributed by atoms with Crippen LogP contribution in [0, 0.1) is 5.41 Å². The van der Waals surface area contributed by atoms with Crippen molar-refractivity contribution in [1.82, 2.24) is 10.2 Å². The maximum absolute atomic E-state index is 4.26. The molecule has 0 unspecified atom stereocenters. The Labute approximate surface area is 85.2 Å². The van der Waals surface area contributed by atoms with Gasteiger partial charge in [0.15, 0.2) is 0 Å². The van der Waals surface area contributed by atoms with E-state index in [9.17, 15) is 0 Å². The normalized spacial score (nSPS) is 24.9. The molecule has 76 valence electrons. The molecule has 3 nitrogen and oxygen atoms in total. The van der Waals surface area contributed by atoms with E-state index in [2.05, 4.69) is 21.8 Å². The lowest BCUT2D eigenvalue weighted by molar-refractivity contribution is 0.00771. The summed E-state index contributed by atoms with van der Waals surface area (Å²) in [4.78, 5) is 6.57. The van der Waals surface area contributed by atoms with Crippen molar-refractivity contribution in [3.05, 3.63) is 24.9 Å². The lowest BCUT2D eigenvalue weighted by Crippen LogP contribution is -2.71. The molecule has 14 heavy (non-hydrogen) atoms. The molecule has 3 heteroatoms. The first-order valence-corrected chi connectivity index (χ1v) is 5.07. The first-order chi connectivity index (χ1) is 6.79. The second kappa shape index (κ2) is 3.58. The molecule has 0 saturated carbocycles. The summed E-state index contributed by atoms with van der Waals surface area (Å²) in [5, 5.41) is 3.32. The van der Waals surface area contributed by atoms with Crippen LogP contribution in [0.5, 0.6) is 0 Å². The third-order valence-electron chi connectivity index (χ3n) is 2.92. The van der Waals surface area contributed by atoms with E-state index >= 15 is 0 Å². The number of hydrogen-bond acceptors (Lipinski definition) is 2. The molecule has 0 atom stereocenters. The van der Waals surface area contributed by atoms with Crippen molar-refractivity contribution in [2.24, 2.45) is 10.4 Å². The quantitative estimate of drug-likeness (QED) is 0.521. The predicted molar refractivity (Wildman–Crippen MR) is 59.3 cm³/mol. The molecule has 2 fully saturated rings. The molecule has 0 radical (unpaired) electrons. The third kappa shape index (κ3) is 1.48. The van der Waals surface area contributed by atoms with Gasteiger partial charge in [-0.3, -0.25) is 0 Å². The van der Waals surface area contributed by atoms with Crippen molar-refractivity contribution in [3.63, 3.8) is 0 Å². The molecule has 0 aliphatic carbocycles. The van der Waals surface area contributed by atoms with Gasteiger partial charge in [0.2, 0.25) is 0 Å². The lowest BCUT2D eigenvalue weighted by atomic mass is 9.74. The highest BCUT2D eigenvalue weighted by Gasteiger charge is 2.48. The largest absolute Gasteiger partial charge is 0.355 e. The first kappa shape index (κ1) is 9.46. The molecular formula is C11H17N3. The molecule has 1 N–H and O–H groups in total. The summed E-state index contributed by atoms with van der Waals surface area (Å²) >= 11 is 0. The maximum atomic E-state index is 4.26. The highest BCUT2D eigenvalue weighted by molar-refractivity contribution is 5.94. The minimum atomic E-state index is 0.559. The van der Waals surface area contributed by atoms with Crippen molar-refractivity contribution in [2.75, 3.05) is 26.2 Å². The van der Waals surface area contributed by atoms with Gasteiger partial charge in [0.1, 0.15) is 5.84 Å². The Morgan fingerprint density at radius 1 is 1.50 bits per heavy atom. The number of hydrogen-bond donors (Lipinski definition) is 1. The molecule has 2 heterocycles. The van der Waals surface area contributed by atoms with Gasteiger partial charge in [-0.1, -0.05) is 12.7 Å². The van der Waals surface area contributed by atoms with Crippen LogP contribution in [0.15, 0.2) is 29.9 Å². The van der Waals surface area contributed by atoms with Crippen molar-refractivity contribution in [1.29, 1.82) is 0 Å². The van der Waals surface area contributed by atoms with E-state index < -0.39 is 0 Å². The SMILES string of the molecule is C=CN=C(/C=C\C)N1CC2(CNC2)C1. The van der Waals surface area contributed by atoms with Crippen LogP contribution >= 0.6 is 0 Å². The molecule has 2 saturated heterocycles. The van der Waals surface area contributed by atoms with Crippen LogP contribution < -0.4 is 5.32 Å². The third-order valence-corrected chi connectivity index (χ3v) is 2.92. The van der Waals surface area contributed by atoms with Gasteiger partial charge in [0.25, 0.3) is 0 Å². The molecule has 0 aromatic heterocycles. The summed E-state index contributed by atoms with van der Waals surface area (Å²) in [6.45, 7) is 10.3. The van der Waals surface area contributed by atoms with Gasteiger partial charge in [-0.15, -0.1) is 0 Å². The Balaban J connectivity index is 1.95. The molecular weight excluding hydrogens is 174 g/mol. The molecule has 0 bridgehead atoms. The zero-order valence-corrected chi connectivity index (χ0v) is 8.66. The smallest absolute Gasteiger partial charge is 0.128 e.